The first kappa shape index (κ1) is 9.16. The summed E-state index contributed by atoms with van der Waals surface area (Å²) in [7, 11) is 0. The molecule has 1 atom stereocenters. The van der Waals surface area contributed by atoms with Crippen LogP contribution in [0.3, 0.4) is 0 Å². The van der Waals surface area contributed by atoms with Gasteiger partial charge in [-0.25, -0.2) is 4.99 Å². The first-order valence-corrected chi connectivity index (χ1v) is 5.95. The summed E-state index contributed by atoms with van der Waals surface area (Å²) >= 11 is 0. The van der Waals surface area contributed by atoms with Crippen molar-refractivity contribution >= 4 is 18.1 Å². The van der Waals surface area contributed by atoms with Crippen LogP contribution in [0.2, 0.25) is 0 Å². The lowest BCUT2D eigenvalue weighted by atomic mass is 9.77. The third kappa shape index (κ3) is 0.971. The van der Waals surface area contributed by atoms with Gasteiger partial charge >= 0.3 is 0 Å². The molecule has 2 spiro atoms. The van der Waals surface area contributed by atoms with Crippen molar-refractivity contribution in [1.82, 2.24) is 0 Å². The Labute approximate surface area is 99.8 Å². The van der Waals surface area contributed by atoms with Crippen LogP contribution in [0.15, 0.2) is 40.3 Å². The van der Waals surface area contributed by atoms with Crippen LogP contribution >= 0.6 is 0 Å². The van der Waals surface area contributed by atoms with E-state index in [-0.39, 0.29) is 5.41 Å². The highest BCUT2D eigenvalue weighted by Gasteiger charge is 2.62. The fraction of sp³-hybridized carbons (Fsp3) is 0.286. The van der Waals surface area contributed by atoms with Crippen LogP contribution in [-0.2, 0) is 5.66 Å². The van der Waals surface area contributed by atoms with E-state index in [4.69, 9.17) is 5.73 Å². The van der Waals surface area contributed by atoms with E-state index >= 15 is 0 Å². The van der Waals surface area contributed by atoms with E-state index in [0.29, 0.717) is 5.84 Å². The smallest absolute Gasteiger partial charge is 0.187 e. The third-order valence-corrected chi connectivity index (χ3v) is 4.08. The van der Waals surface area contributed by atoms with Gasteiger partial charge in [-0.1, -0.05) is 36.4 Å². The number of nitrogens with zero attached hydrogens (tertiary/aromatic N) is 2. The van der Waals surface area contributed by atoms with Gasteiger partial charge in [0.15, 0.2) is 5.66 Å². The van der Waals surface area contributed by atoms with Crippen molar-refractivity contribution in [3.8, 4) is 0 Å². The summed E-state index contributed by atoms with van der Waals surface area (Å²) in [5.74, 6) is 0.543. The van der Waals surface area contributed by atoms with E-state index < -0.39 is 5.66 Å². The number of nitrogens with two attached hydrogens (primary N) is 1. The Morgan fingerprint density at radius 2 is 2.00 bits per heavy atom. The lowest BCUT2D eigenvalue weighted by molar-refractivity contribution is 0.328. The summed E-state index contributed by atoms with van der Waals surface area (Å²) in [6.07, 6.45) is 8.47. The van der Waals surface area contributed by atoms with Crippen LogP contribution < -0.4 is 5.73 Å². The molecular formula is C14H13N3. The Hall–Kier alpha value is -1.90. The van der Waals surface area contributed by atoms with Crippen molar-refractivity contribution in [3.63, 3.8) is 0 Å². The standard InChI is InChI=1S/C14H13N3/c15-12-9-16-14(17-12)11-4-2-1-3-10(11)5-6-13(14)7-8-13/h1-6,9H,7-8H2,(H2,15,17). The number of hydrogen-bond acceptors (Lipinski definition) is 3. The average Bonchev–Trinajstić information content (AvgIpc) is 3.04. The maximum absolute atomic E-state index is 5.82. The average molecular weight is 223 g/mol. The van der Waals surface area contributed by atoms with Gasteiger partial charge in [0.05, 0.1) is 6.21 Å². The molecule has 1 fully saturated rings. The van der Waals surface area contributed by atoms with E-state index in [9.17, 15) is 0 Å². The largest absolute Gasteiger partial charge is 0.383 e. The van der Waals surface area contributed by atoms with Crippen molar-refractivity contribution in [2.45, 2.75) is 18.5 Å². The molecule has 3 nitrogen and oxygen atoms in total. The van der Waals surface area contributed by atoms with Crippen LogP contribution in [0.25, 0.3) is 6.08 Å². The van der Waals surface area contributed by atoms with Crippen LogP contribution in [-0.4, -0.2) is 12.1 Å². The SMILES string of the molecule is NC1=NC2(N=C1)c1ccccc1C=CC21CC1. The molecule has 1 unspecified atom stereocenters. The zero-order chi connectivity index (χ0) is 11.5. The fourth-order valence-corrected chi connectivity index (χ4v) is 3.02. The summed E-state index contributed by atoms with van der Waals surface area (Å²) in [6, 6.07) is 8.34. The highest BCUT2D eigenvalue weighted by molar-refractivity contribution is 6.30. The normalized spacial score (nSPS) is 30.7. The third-order valence-electron chi connectivity index (χ3n) is 4.08. The molecule has 0 bridgehead atoms. The summed E-state index contributed by atoms with van der Waals surface area (Å²) < 4.78 is 0. The molecule has 0 radical (unpaired) electrons. The van der Waals surface area contributed by atoms with Crippen molar-refractivity contribution in [2.75, 3.05) is 0 Å². The number of aliphatic imine (C=N–C) groups is 2. The fourth-order valence-electron chi connectivity index (χ4n) is 3.02. The minimum Gasteiger partial charge on any atom is -0.383 e. The number of hydrogen-bond donors (Lipinski definition) is 1. The second-order valence-electron chi connectivity index (χ2n) is 5.04. The summed E-state index contributed by atoms with van der Waals surface area (Å²) in [5, 5.41) is 0. The Bertz CT molecular complexity index is 593. The molecule has 2 aliphatic carbocycles. The van der Waals surface area contributed by atoms with Crippen molar-refractivity contribution < 1.29 is 0 Å². The molecule has 3 aliphatic rings. The van der Waals surface area contributed by atoms with Crippen LogP contribution in [0, 0.1) is 5.41 Å². The first-order valence-electron chi connectivity index (χ1n) is 5.95. The maximum atomic E-state index is 5.82. The van der Waals surface area contributed by atoms with Gasteiger partial charge in [0.1, 0.15) is 5.84 Å². The van der Waals surface area contributed by atoms with Crippen LogP contribution in [0.4, 0.5) is 0 Å². The monoisotopic (exact) mass is 223 g/mol. The van der Waals surface area contributed by atoms with Gasteiger partial charge in [-0.05, 0) is 18.4 Å². The van der Waals surface area contributed by atoms with E-state index in [1.54, 1.807) is 6.21 Å². The second kappa shape index (κ2) is 2.67. The molecule has 4 rings (SSSR count). The summed E-state index contributed by atoms with van der Waals surface area (Å²) in [5.41, 5.74) is 7.84. The highest BCUT2D eigenvalue weighted by atomic mass is 15.2. The number of fused-ring (bicyclic) bond motifs is 3. The molecule has 3 heteroatoms. The Morgan fingerprint density at radius 1 is 1.18 bits per heavy atom. The summed E-state index contributed by atoms with van der Waals surface area (Å²) in [6.45, 7) is 0. The predicted octanol–water partition coefficient (Wildman–Crippen LogP) is 2.09. The van der Waals surface area contributed by atoms with Gasteiger partial charge in [-0.2, -0.15) is 0 Å². The van der Waals surface area contributed by atoms with Gasteiger partial charge in [0.2, 0.25) is 0 Å². The lowest BCUT2D eigenvalue weighted by Gasteiger charge is -2.35. The molecule has 1 saturated carbocycles. The van der Waals surface area contributed by atoms with Gasteiger partial charge in [-0.15, -0.1) is 0 Å². The van der Waals surface area contributed by atoms with Gasteiger partial charge < -0.3 is 5.73 Å². The van der Waals surface area contributed by atoms with Crippen molar-refractivity contribution in [3.05, 3.63) is 41.5 Å². The van der Waals surface area contributed by atoms with Gasteiger partial charge in [-0.3, -0.25) is 4.99 Å². The molecule has 2 N–H and O–H groups in total. The molecule has 0 amide bonds. The molecule has 1 aromatic rings. The van der Waals surface area contributed by atoms with Crippen molar-refractivity contribution in [1.29, 1.82) is 0 Å². The molecular weight excluding hydrogens is 210 g/mol. The highest BCUT2D eigenvalue weighted by Crippen LogP contribution is 2.65. The summed E-state index contributed by atoms with van der Waals surface area (Å²) in [4.78, 5) is 9.32. The predicted molar refractivity (Wildman–Crippen MR) is 68.9 cm³/mol. The molecule has 1 heterocycles. The molecule has 17 heavy (non-hydrogen) atoms. The van der Waals surface area contributed by atoms with E-state index in [1.807, 2.05) is 6.07 Å². The van der Waals surface area contributed by atoms with Crippen molar-refractivity contribution in [2.24, 2.45) is 21.1 Å². The Kier molecular flexibility index (Phi) is 1.44. The number of rotatable bonds is 0. The molecule has 1 aromatic carbocycles. The zero-order valence-corrected chi connectivity index (χ0v) is 9.43. The molecule has 0 saturated heterocycles. The second-order valence-corrected chi connectivity index (χ2v) is 5.04. The van der Waals surface area contributed by atoms with Gasteiger partial charge in [0, 0.05) is 11.0 Å². The molecule has 1 aliphatic heterocycles. The lowest BCUT2D eigenvalue weighted by Crippen LogP contribution is -2.33. The van der Waals surface area contributed by atoms with Gasteiger partial charge in [0.25, 0.3) is 0 Å². The van der Waals surface area contributed by atoms with E-state index in [0.717, 1.165) is 12.8 Å². The van der Waals surface area contributed by atoms with Crippen LogP contribution in [0.5, 0.6) is 0 Å². The maximum Gasteiger partial charge on any atom is 0.187 e. The number of benzene rings is 1. The Morgan fingerprint density at radius 3 is 2.71 bits per heavy atom. The quantitative estimate of drug-likeness (QED) is 0.719. The van der Waals surface area contributed by atoms with Crippen LogP contribution in [0.1, 0.15) is 24.0 Å². The topological polar surface area (TPSA) is 50.7 Å². The minimum absolute atomic E-state index is 0.0823. The molecule has 84 valence electrons. The van der Waals surface area contributed by atoms with E-state index in [2.05, 4.69) is 40.3 Å². The van der Waals surface area contributed by atoms with E-state index in [1.165, 1.54) is 11.1 Å². The zero-order valence-electron chi connectivity index (χ0n) is 9.43. The number of amidine groups is 1. The first-order chi connectivity index (χ1) is 8.26. The Balaban J connectivity index is 2.04. The molecule has 0 aromatic heterocycles. The minimum atomic E-state index is -0.470.